The number of para-hydroxylation sites is 1. The fourth-order valence-electron chi connectivity index (χ4n) is 4.91. The molecule has 212 valence electrons. The predicted octanol–water partition coefficient (Wildman–Crippen LogP) is 7.65. The summed E-state index contributed by atoms with van der Waals surface area (Å²) in [5.41, 5.74) is 4.87. The van der Waals surface area contributed by atoms with Gasteiger partial charge in [0.1, 0.15) is 11.4 Å². The number of anilines is 1. The van der Waals surface area contributed by atoms with Crippen molar-refractivity contribution in [3.8, 4) is 17.0 Å². The normalized spacial score (nSPS) is 15.2. The first kappa shape index (κ1) is 27.5. The van der Waals surface area contributed by atoms with E-state index in [1.165, 1.54) is 23.9 Å². The van der Waals surface area contributed by atoms with Gasteiger partial charge in [0.15, 0.2) is 5.17 Å². The zero-order chi connectivity index (χ0) is 29.4. The van der Waals surface area contributed by atoms with Gasteiger partial charge >= 0.3 is 6.36 Å². The molecule has 1 fully saturated rings. The number of halogens is 3. The second-order valence-electron chi connectivity index (χ2n) is 9.93. The highest BCUT2D eigenvalue weighted by molar-refractivity contribution is 8.15. The maximum absolute atomic E-state index is 12.7. The number of hydrogen-bond acceptors (Lipinski definition) is 6. The first-order valence-corrected chi connectivity index (χ1v) is 14.1. The average Bonchev–Trinajstić information content (AvgIpc) is 3.56. The minimum absolute atomic E-state index is 0.0265. The molecule has 0 aliphatic carbocycles. The van der Waals surface area contributed by atoms with Crippen LogP contribution in [0.25, 0.3) is 27.7 Å². The number of imidazole rings is 1. The Morgan fingerprint density at radius 3 is 2.60 bits per heavy atom. The molecular formula is C31H24F3N5O2S. The molecule has 3 heterocycles. The van der Waals surface area contributed by atoms with Crippen LogP contribution in [0.2, 0.25) is 0 Å². The number of thioether (sulfide) groups is 1. The molecule has 1 aliphatic heterocycles. The third kappa shape index (κ3) is 5.47. The number of rotatable bonds is 6. The highest BCUT2D eigenvalue weighted by atomic mass is 32.2. The van der Waals surface area contributed by atoms with Gasteiger partial charge in [-0.3, -0.25) is 14.1 Å². The molecule has 0 unspecified atom stereocenters. The molecule has 1 aliphatic rings. The molecule has 0 bridgehead atoms. The minimum Gasteiger partial charge on any atom is -0.406 e. The van der Waals surface area contributed by atoms with Crippen molar-refractivity contribution in [1.82, 2.24) is 9.38 Å². The molecule has 3 aromatic carbocycles. The molecule has 2 aromatic heterocycles. The molecule has 0 N–H and O–H groups in total. The SMILES string of the molecule is CC(C)c1ccccc1N1C(=O)CS/C1=N\N=C/c1ccc2c(ccn3c(-c4ccc(OC(F)(F)F)cc4)cnc23)c1. The van der Waals surface area contributed by atoms with E-state index in [0.717, 1.165) is 33.3 Å². The van der Waals surface area contributed by atoms with Crippen LogP contribution >= 0.6 is 11.8 Å². The molecule has 6 rings (SSSR count). The predicted molar refractivity (Wildman–Crippen MR) is 160 cm³/mol. The van der Waals surface area contributed by atoms with Crippen LogP contribution in [0.15, 0.2) is 95.4 Å². The Morgan fingerprint density at radius 2 is 1.83 bits per heavy atom. The Morgan fingerprint density at radius 1 is 1.05 bits per heavy atom. The fourth-order valence-corrected chi connectivity index (χ4v) is 5.72. The number of pyridine rings is 1. The van der Waals surface area contributed by atoms with Crippen molar-refractivity contribution in [3.05, 3.63) is 96.3 Å². The summed E-state index contributed by atoms with van der Waals surface area (Å²) in [5, 5.41) is 11.1. The van der Waals surface area contributed by atoms with E-state index in [1.807, 2.05) is 59.1 Å². The van der Waals surface area contributed by atoms with Crippen LogP contribution < -0.4 is 9.64 Å². The lowest BCUT2D eigenvalue weighted by atomic mass is 10.0. The number of amidine groups is 1. The van der Waals surface area contributed by atoms with Gasteiger partial charge in [0, 0.05) is 17.1 Å². The number of benzene rings is 3. The van der Waals surface area contributed by atoms with E-state index in [0.29, 0.717) is 22.1 Å². The summed E-state index contributed by atoms with van der Waals surface area (Å²) in [6, 6.07) is 21.3. The summed E-state index contributed by atoms with van der Waals surface area (Å²) in [5.74, 6) is 0.250. The van der Waals surface area contributed by atoms with Gasteiger partial charge in [0.25, 0.3) is 0 Å². The largest absolute Gasteiger partial charge is 0.573 e. The third-order valence-corrected chi connectivity index (χ3v) is 7.73. The van der Waals surface area contributed by atoms with Gasteiger partial charge < -0.3 is 4.74 Å². The van der Waals surface area contributed by atoms with E-state index < -0.39 is 6.36 Å². The van der Waals surface area contributed by atoms with Gasteiger partial charge in [-0.25, -0.2) is 4.98 Å². The second kappa shape index (κ2) is 11.0. The Bertz CT molecular complexity index is 1860. The van der Waals surface area contributed by atoms with Gasteiger partial charge in [0.05, 0.1) is 29.5 Å². The van der Waals surface area contributed by atoms with E-state index in [2.05, 4.69) is 33.8 Å². The first-order valence-electron chi connectivity index (χ1n) is 13.1. The van der Waals surface area contributed by atoms with Crippen LogP contribution in [0, 0.1) is 0 Å². The molecule has 7 nitrogen and oxygen atoms in total. The monoisotopic (exact) mass is 587 g/mol. The van der Waals surface area contributed by atoms with E-state index >= 15 is 0 Å². The van der Waals surface area contributed by atoms with Crippen LogP contribution in [0.5, 0.6) is 5.75 Å². The van der Waals surface area contributed by atoms with Crippen LogP contribution in [-0.2, 0) is 4.79 Å². The van der Waals surface area contributed by atoms with E-state index in [-0.39, 0.29) is 17.6 Å². The number of fused-ring (bicyclic) bond motifs is 3. The Hall–Kier alpha value is -4.64. The third-order valence-electron chi connectivity index (χ3n) is 6.82. The zero-order valence-corrected chi connectivity index (χ0v) is 23.4. The number of alkyl halides is 3. The lowest BCUT2D eigenvalue weighted by Crippen LogP contribution is -2.30. The molecule has 0 saturated carbocycles. The van der Waals surface area contributed by atoms with Crippen LogP contribution in [0.4, 0.5) is 18.9 Å². The number of aromatic nitrogens is 2. The number of amides is 1. The summed E-state index contributed by atoms with van der Waals surface area (Å²) >= 11 is 1.36. The van der Waals surface area contributed by atoms with E-state index in [4.69, 9.17) is 0 Å². The minimum atomic E-state index is -4.74. The maximum atomic E-state index is 12.7. The molecular weight excluding hydrogens is 563 g/mol. The number of ether oxygens (including phenoxy) is 1. The topological polar surface area (TPSA) is 71.6 Å². The van der Waals surface area contributed by atoms with Crippen molar-refractivity contribution in [2.45, 2.75) is 26.1 Å². The van der Waals surface area contributed by atoms with Crippen molar-refractivity contribution in [2.75, 3.05) is 10.7 Å². The molecule has 1 saturated heterocycles. The smallest absolute Gasteiger partial charge is 0.406 e. The molecule has 0 atom stereocenters. The van der Waals surface area contributed by atoms with Crippen molar-refractivity contribution in [1.29, 1.82) is 0 Å². The van der Waals surface area contributed by atoms with E-state index in [9.17, 15) is 18.0 Å². The molecule has 11 heteroatoms. The number of carbonyl (C=O) groups is 1. The number of nitrogens with zero attached hydrogens (tertiary/aromatic N) is 5. The van der Waals surface area contributed by atoms with Gasteiger partial charge in [-0.05, 0) is 71.0 Å². The quantitative estimate of drug-likeness (QED) is 0.151. The highest BCUT2D eigenvalue weighted by Crippen LogP contribution is 2.33. The lowest BCUT2D eigenvalue weighted by molar-refractivity contribution is -0.274. The van der Waals surface area contributed by atoms with Crippen LogP contribution in [-0.4, -0.2) is 38.8 Å². The van der Waals surface area contributed by atoms with Crippen molar-refractivity contribution in [2.24, 2.45) is 10.2 Å². The Labute approximate surface area is 243 Å². The summed E-state index contributed by atoms with van der Waals surface area (Å²) in [7, 11) is 0. The number of hydrogen-bond donors (Lipinski definition) is 0. The van der Waals surface area contributed by atoms with Crippen LogP contribution in [0.3, 0.4) is 0 Å². The summed E-state index contributed by atoms with van der Waals surface area (Å²) < 4.78 is 43.4. The first-order chi connectivity index (χ1) is 20.2. The van der Waals surface area contributed by atoms with Gasteiger partial charge in [-0.1, -0.05) is 49.9 Å². The van der Waals surface area contributed by atoms with Crippen molar-refractivity contribution in [3.63, 3.8) is 0 Å². The molecule has 42 heavy (non-hydrogen) atoms. The Kier molecular flexibility index (Phi) is 7.19. The average molecular weight is 588 g/mol. The molecule has 0 radical (unpaired) electrons. The zero-order valence-electron chi connectivity index (χ0n) is 22.5. The number of carbonyl (C=O) groups excluding carboxylic acids is 1. The highest BCUT2D eigenvalue weighted by Gasteiger charge is 2.32. The maximum Gasteiger partial charge on any atom is 0.573 e. The molecule has 5 aromatic rings. The van der Waals surface area contributed by atoms with Crippen molar-refractivity contribution >= 4 is 51.2 Å². The summed E-state index contributed by atoms with van der Waals surface area (Å²) in [6.07, 6.45) is 0.457. The fraction of sp³-hybridized carbons (Fsp3) is 0.161. The lowest BCUT2D eigenvalue weighted by Gasteiger charge is -2.20. The van der Waals surface area contributed by atoms with Crippen LogP contribution in [0.1, 0.15) is 30.9 Å². The van der Waals surface area contributed by atoms with Gasteiger partial charge in [0.2, 0.25) is 5.91 Å². The van der Waals surface area contributed by atoms with Gasteiger partial charge in [-0.15, -0.1) is 18.3 Å². The second-order valence-corrected chi connectivity index (χ2v) is 10.9. The summed E-state index contributed by atoms with van der Waals surface area (Å²) in [4.78, 5) is 18.9. The van der Waals surface area contributed by atoms with Crippen molar-refractivity contribution < 1.29 is 22.7 Å². The van der Waals surface area contributed by atoms with Gasteiger partial charge in [-0.2, -0.15) is 5.10 Å². The van der Waals surface area contributed by atoms with E-state index in [1.54, 1.807) is 29.4 Å². The summed E-state index contributed by atoms with van der Waals surface area (Å²) in [6.45, 7) is 4.18. The standard InChI is InChI=1S/C31H24F3N5O2S/c1-19(2)24-5-3-4-6-26(24)39-28(40)18-42-30(39)37-36-16-20-7-12-25-22(15-20)13-14-38-27(17-35-29(25)38)21-8-10-23(11-9-21)41-31(32,33)34/h3-17,19H,18H2,1-2H3/b36-16-,37-30-. The molecule has 1 amide bonds. The molecule has 0 spiro atoms. The Balaban J connectivity index is 1.25.